The predicted molar refractivity (Wildman–Crippen MR) is 114 cm³/mol. The van der Waals surface area contributed by atoms with Crippen LogP contribution < -0.4 is 18.8 Å². The van der Waals surface area contributed by atoms with E-state index in [1.165, 1.54) is 24.3 Å². The number of nitrogens with one attached hydrogen (secondary N) is 1. The lowest BCUT2D eigenvalue weighted by Crippen LogP contribution is -2.44. The summed E-state index contributed by atoms with van der Waals surface area (Å²) in [4.78, 5) is 2.11. The van der Waals surface area contributed by atoms with Gasteiger partial charge in [-0.3, -0.25) is 0 Å². The Hall–Kier alpha value is -2.10. The van der Waals surface area contributed by atoms with Crippen molar-refractivity contribution in [3.8, 4) is 5.75 Å². The maximum atomic E-state index is 13.2. The van der Waals surface area contributed by atoms with Crippen LogP contribution in [0.5, 0.6) is 5.75 Å². The Bertz CT molecular complexity index is 999. The molecule has 1 aliphatic rings. The summed E-state index contributed by atoms with van der Waals surface area (Å²) >= 11 is 6.20. The summed E-state index contributed by atoms with van der Waals surface area (Å²) in [6.45, 7) is 3.72. The summed E-state index contributed by atoms with van der Waals surface area (Å²) in [7, 11) is -4.22. The van der Waals surface area contributed by atoms with Gasteiger partial charge < -0.3 is 15.0 Å². The van der Waals surface area contributed by atoms with E-state index in [0.29, 0.717) is 9.39 Å². The molecule has 0 atom stereocenters. The van der Waals surface area contributed by atoms with Gasteiger partial charge in [0.05, 0.1) is 4.90 Å². The molecule has 0 unspecified atom stereocenters. The maximum absolute atomic E-state index is 13.2. The maximum Gasteiger partial charge on any atom is 0.387 e. The number of hydrogen-bond acceptors (Lipinski definition) is 5. The first-order chi connectivity index (χ1) is 14.2. The molecule has 1 aliphatic heterocycles. The van der Waals surface area contributed by atoms with Crippen LogP contribution >= 0.6 is 11.8 Å². The minimum absolute atomic E-state index is 0.0206. The third-order valence-corrected chi connectivity index (χ3v) is 7.12. The molecule has 0 radical (unpaired) electrons. The Labute approximate surface area is 180 Å². The van der Waals surface area contributed by atoms with Gasteiger partial charge in [-0.15, -0.1) is 0 Å². The Morgan fingerprint density at radius 2 is 1.90 bits per heavy atom. The van der Waals surface area contributed by atoms with Crippen molar-refractivity contribution in [3.05, 3.63) is 47.5 Å². The summed E-state index contributed by atoms with van der Waals surface area (Å²) in [6, 6.07) is 9.05. The number of piperazine rings is 1. The molecule has 0 amide bonds. The molecule has 3 rings (SSSR count). The minimum atomic E-state index is -4.22. The predicted octanol–water partition coefficient (Wildman–Crippen LogP) is 3.92. The van der Waals surface area contributed by atoms with Crippen molar-refractivity contribution in [3.63, 3.8) is 0 Å². The van der Waals surface area contributed by atoms with Crippen molar-refractivity contribution in [2.75, 3.05) is 34.9 Å². The van der Waals surface area contributed by atoms with E-state index in [1.54, 1.807) is 19.1 Å². The average Bonchev–Trinajstić information content (AvgIpc) is 2.74. The van der Waals surface area contributed by atoms with E-state index >= 15 is 0 Å². The van der Waals surface area contributed by atoms with E-state index in [2.05, 4.69) is 15.0 Å². The topological polar surface area (TPSA) is 61.9 Å². The molecule has 10 heteroatoms. The Kier molecular flexibility index (Phi) is 7.05. The number of anilines is 2. The molecule has 164 valence electrons. The number of aryl methyl sites for hydroxylation is 2. The fourth-order valence-electron chi connectivity index (χ4n) is 3.39. The van der Waals surface area contributed by atoms with Gasteiger partial charge in [0.15, 0.2) is 5.75 Å². The van der Waals surface area contributed by atoms with Crippen molar-refractivity contribution in [1.29, 1.82) is 0 Å². The average molecular weight is 460 g/mol. The molecule has 6 nitrogen and oxygen atoms in total. The monoisotopic (exact) mass is 459 g/mol. The number of halogens is 3. The molecular weight excluding hydrogens is 436 g/mol. The lowest BCUT2D eigenvalue weighted by Gasteiger charge is -2.31. The number of sulfonamides is 1. The van der Waals surface area contributed by atoms with Crippen molar-refractivity contribution in [1.82, 2.24) is 5.32 Å². The van der Waals surface area contributed by atoms with Crippen LogP contribution in [0.15, 0.2) is 41.3 Å². The number of hydrogen-bond donors (Lipinski definition) is 1. The number of alkyl halides is 2. The van der Waals surface area contributed by atoms with Crippen LogP contribution in [0.25, 0.3) is 0 Å². The number of benzene rings is 2. The van der Waals surface area contributed by atoms with Crippen molar-refractivity contribution in [2.45, 2.75) is 31.8 Å². The van der Waals surface area contributed by atoms with Gasteiger partial charge in [0.25, 0.3) is 10.0 Å². The molecule has 0 aliphatic carbocycles. The van der Waals surface area contributed by atoms with Gasteiger partial charge in [0.1, 0.15) is 5.69 Å². The summed E-state index contributed by atoms with van der Waals surface area (Å²) in [5, 5.41) is 3.27. The van der Waals surface area contributed by atoms with E-state index in [1.807, 2.05) is 6.92 Å². The van der Waals surface area contributed by atoms with E-state index in [9.17, 15) is 17.2 Å². The van der Waals surface area contributed by atoms with E-state index < -0.39 is 16.6 Å². The third kappa shape index (κ3) is 4.79. The van der Waals surface area contributed by atoms with E-state index in [4.69, 9.17) is 11.8 Å². The number of nitrogens with zero attached hydrogens (tertiary/aromatic N) is 2. The molecule has 0 aromatic heterocycles. The fraction of sp³-hybridized carbons (Fsp3) is 0.400. The molecule has 2 aromatic carbocycles. The molecule has 1 N–H and O–H groups in total. The molecule has 0 bridgehead atoms. The first-order valence-electron chi connectivity index (χ1n) is 9.59. The standard InChI is InChI=1S/C20H24ClF2N3O3S/c1-3-15-5-6-16(13-17(15)25-10-8-24-9-11-25)30(27,28)26(21)18-12-14(2)4-7-19(18)29-20(22)23/h4-7,12-13,20,24H,3,8-11H2,1-2H3. The summed E-state index contributed by atoms with van der Waals surface area (Å²) in [6.07, 6.45) is 0.744. The van der Waals surface area contributed by atoms with Gasteiger partial charge in [0.2, 0.25) is 0 Å². The van der Waals surface area contributed by atoms with Gasteiger partial charge in [-0.1, -0.05) is 19.1 Å². The van der Waals surface area contributed by atoms with Crippen LogP contribution in [-0.4, -0.2) is 41.2 Å². The fourth-order valence-corrected chi connectivity index (χ4v) is 4.84. The van der Waals surface area contributed by atoms with Crippen LogP contribution in [0.2, 0.25) is 0 Å². The zero-order chi connectivity index (χ0) is 21.9. The first kappa shape index (κ1) is 22.6. The zero-order valence-electron chi connectivity index (χ0n) is 16.7. The smallest absolute Gasteiger partial charge is 0.387 e. The normalized spacial score (nSPS) is 14.8. The Balaban J connectivity index is 2.02. The summed E-state index contributed by atoms with van der Waals surface area (Å²) in [5.74, 6) is -0.318. The quantitative estimate of drug-likeness (QED) is 0.636. The van der Waals surface area contributed by atoms with E-state index in [0.717, 1.165) is 43.9 Å². The first-order valence-corrected chi connectivity index (χ1v) is 11.4. The Morgan fingerprint density at radius 3 is 2.53 bits per heavy atom. The van der Waals surface area contributed by atoms with Gasteiger partial charge in [-0.05, 0) is 48.7 Å². The van der Waals surface area contributed by atoms with Crippen molar-refractivity contribution in [2.24, 2.45) is 0 Å². The van der Waals surface area contributed by atoms with E-state index in [-0.39, 0.29) is 16.3 Å². The lowest BCUT2D eigenvalue weighted by atomic mass is 10.1. The molecule has 2 aromatic rings. The number of rotatable bonds is 7. The van der Waals surface area contributed by atoms with Crippen LogP contribution in [-0.2, 0) is 16.4 Å². The largest absolute Gasteiger partial charge is 0.433 e. The van der Waals surface area contributed by atoms with Gasteiger partial charge in [-0.2, -0.15) is 21.0 Å². The van der Waals surface area contributed by atoms with Gasteiger partial charge in [-0.25, -0.2) is 0 Å². The number of ether oxygens (including phenoxy) is 1. The molecule has 1 heterocycles. The molecule has 30 heavy (non-hydrogen) atoms. The molecule has 0 spiro atoms. The van der Waals surface area contributed by atoms with Crippen LogP contribution in [0.4, 0.5) is 20.2 Å². The zero-order valence-corrected chi connectivity index (χ0v) is 18.3. The molecule has 0 saturated carbocycles. The van der Waals surface area contributed by atoms with Crippen LogP contribution in [0, 0.1) is 6.92 Å². The van der Waals surface area contributed by atoms with Crippen LogP contribution in [0.3, 0.4) is 0 Å². The Morgan fingerprint density at radius 1 is 1.20 bits per heavy atom. The highest BCUT2D eigenvalue weighted by molar-refractivity contribution is 7.94. The second-order valence-corrected chi connectivity index (χ2v) is 9.28. The van der Waals surface area contributed by atoms with Crippen molar-refractivity contribution >= 4 is 33.2 Å². The summed E-state index contributed by atoms with van der Waals surface area (Å²) in [5.41, 5.74) is 2.34. The van der Waals surface area contributed by atoms with Gasteiger partial charge >= 0.3 is 6.61 Å². The van der Waals surface area contributed by atoms with Gasteiger partial charge in [0, 0.05) is 43.6 Å². The van der Waals surface area contributed by atoms with Crippen LogP contribution in [0.1, 0.15) is 18.1 Å². The molecule has 1 saturated heterocycles. The van der Waals surface area contributed by atoms with Crippen molar-refractivity contribution < 1.29 is 21.9 Å². The minimum Gasteiger partial charge on any atom is -0.433 e. The highest BCUT2D eigenvalue weighted by Crippen LogP contribution is 2.37. The molecule has 1 fully saturated rings. The molecular formula is C20H24ClF2N3O3S. The lowest BCUT2D eigenvalue weighted by molar-refractivity contribution is -0.0494. The third-order valence-electron chi connectivity index (χ3n) is 4.92. The highest BCUT2D eigenvalue weighted by atomic mass is 35.5. The SMILES string of the molecule is CCc1ccc(S(=O)(=O)N(Cl)c2cc(C)ccc2OC(F)F)cc1N1CCNCC1. The second-order valence-electron chi connectivity index (χ2n) is 6.95. The highest BCUT2D eigenvalue weighted by Gasteiger charge is 2.28. The second kappa shape index (κ2) is 9.36. The summed E-state index contributed by atoms with van der Waals surface area (Å²) < 4.78 is 57.0.